The quantitative estimate of drug-likeness (QED) is 0.877. The summed E-state index contributed by atoms with van der Waals surface area (Å²) in [5.41, 5.74) is 8.59. The van der Waals surface area contributed by atoms with Crippen LogP contribution in [0.5, 0.6) is 0 Å². The number of fused-ring (bicyclic) bond motifs is 1. The molecule has 0 aromatic heterocycles. The molecule has 0 saturated heterocycles. The Morgan fingerprint density at radius 1 is 1.37 bits per heavy atom. The van der Waals surface area contributed by atoms with Crippen LogP contribution in [-0.2, 0) is 10.2 Å². The lowest BCUT2D eigenvalue weighted by Crippen LogP contribution is -2.45. The van der Waals surface area contributed by atoms with Crippen molar-refractivity contribution in [3.63, 3.8) is 0 Å². The molecule has 19 heavy (non-hydrogen) atoms. The predicted octanol–water partition coefficient (Wildman–Crippen LogP) is 2.51. The summed E-state index contributed by atoms with van der Waals surface area (Å²) in [7, 11) is 0. The Morgan fingerprint density at radius 2 is 2.00 bits per heavy atom. The fraction of sp³-hybridized carbons (Fsp3) is 0.562. The van der Waals surface area contributed by atoms with Crippen molar-refractivity contribution in [3.8, 4) is 0 Å². The molecule has 1 aromatic carbocycles. The second-order valence-electron chi connectivity index (χ2n) is 6.51. The fourth-order valence-corrected chi connectivity index (χ4v) is 2.85. The smallest absolute Gasteiger partial charge is 0.237 e. The zero-order valence-corrected chi connectivity index (χ0v) is 12.2. The molecule has 0 spiro atoms. The molecule has 0 saturated carbocycles. The van der Waals surface area contributed by atoms with Crippen molar-refractivity contribution < 1.29 is 4.79 Å². The SMILES string of the molecule is CC(C)[C@H](N)C(=O)NC1CC(C)(C)c2ccccc21. The van der Waals surface area contributed by atoms with E-state index >= 15 is 0 Å². The molecular formula is C16H24N2O. The van der Waals surface area contributed by atoms with Gasteiger partial charge in [-0.05, 0) is 28.9 Å². The van der Waals surface area contributed by atoms with E-state index in [0.717, 1.165) is 6.42 Å². The second kappa shape index (κ2) is 4.97. The lowest BCUT2D eigenvalue weighted by Gasteiger charge is -2.21. The van der Waals surface area contributed by atoms with Crippen molar-refractivity contribution in [3.05, 3.63) is 35.4 Å². The number of hydrogen-bond acceptors (Lipinski definition) is 2. The minimum absolute atomic E-state index is 0.0486. The Bertz CT molecular complexity index is 479. The number of carbonyl (C=O) groups is 1. The van der Waals surface area contributed by atoms with E-state index in [9.17, 15) is 4.79 Å². The van der Waals surface area contributed by atoms with E-state index in [4.69, 9.17) is 5.73 Å². The molecule has 3 nitrogen and oxygen atoms in total. The molecule has 0 heterocycles. The van der Waals surface area contributed by atoms with Gasteiger partial charge in [0.1, 0.15) is 0 Å². The third kappa shape index (κ3) is 2.66. The number of nitrogens with one attached hydrogen (secondary N) is 1. The van der Waals surface area contributed by atoms with E-state index in [1.807, 2.05) is 19.9 Å². The van der Waals surface area contributed by atoms with Gasteiger partial charge >= 0.3 is 0 Å². The fourth-order valence-electron chi connectivity index (χ4n) is 2.85. The number of carbonyl (C=O) groups excluding carboxylic acids is 1. The summed E-state index contributed by atoms with van der Waals surface area (Å²) in [6, 6.07) is 8.01. The summed E-state index contributed by atoms with van der Waals surface area (Å²) in [4.78, 5) is 12.1. The first-order valence-electron chi connectivity index (χ1n) is 6.98. The molecule has 1 amide bonds. The summed E-state index contributed by atoms with van der Waals surface area (Å²) in [5, 5.41) is 3.11. The van der Waals surface area contributed by atoms with Crippen LogP contribution in [-0.4, -0.2) is 11.9 Å². The lowest BCUT2D eigenvalue weighted by atomic mass is 9.86. The Morgan fingerprint density at radius 3 is 2.63 bits per heavy atom. The number of amides is 1. The van der Waals surface area contributed by atoms with Crippen LogP contribution in [0.2, 0.25) is 0 Å². The number of nitrogens with two attached hydrogens (primary N) is 1. The molecule has 0 fully saturated rings. The van der Waals surface area contributed by atoms with Crippen LogP contribution < -0.4 is 11.1 Å². The second-order valence-corrected chi connectivity index (χ2v) is 6.51. The van der Waals surface area contributed by atoms with Gasteiger partial charge in [0.15, 0.2) is 0 Å². The third-order valence-corrected chi connectivity index (χ3v) is 4.12. The van der Waals surface area contributed by atoms with Crippen molar-refractivity contribution in [2.75, 3.05) is 0 Å². The van der Waals surface area contributed by atoms with Crippen LogP contribution >= 0.6 is 0 Å². The molecule has 0 bridgehead atoms. The molecular weight excluding hydrogens is 236 g/mol. The average Bonchev–Trinajstić information content (AvgIpc) is 2.60. The molecule has 0 aliphatic heterocycles. The van der Waals surface area contributed by atoms with Gasteiger partial charge in [-0.25, -0.2) is 0 Å². The van der Waals surface area contributed by atoms with E-state index < -0.39 is 6.04 Å². The van der Waals surface area contributed by atoms with Gasteiger partial charge in [0.05, 0.1) is 12.1 Å². The van der Waals surface area contributed by atoms with Crippen molar-refractivity contribution in [1.82, 2.24) is 5.32 Å². The zero-order chi connectivity index (χ0) is 14.2. The number of rotatable bonds is 3. The monoisotopic (exact) mass is 260 g/mol. The highest BCUT2D eigenvalue weighted by Gasteiger charge is 2.37. The average molecular weight is 260 g/mol. The molecule has 3 heteroatoms. The topological polar surface area (TPSA) is 55.1 Å². The highest BCUT2D eigenvalue weighted by atomic mass is 16.2. The summed E-state index contributed by atoms with van der Waals surface area (Å²) in [6.07, 6.45) is 0.933. The minimum Gasteiger partial charge on any atom is -0.348 e. The Hall–Kier alpha value is -1.35. The molecule has 1 aliphatic carbocycles. The molecule has 1 unspecified atom stereocenters. The van der Waals surface area contributed by atoms with Crippen molar-refractivity contribution >= 4 is 5.91 Å². The van der Waals surface area contributed by atoms with Gasteiger partial charge in [-0.1, -0.05) is 52.0 Å². The zero-order valence-electron chi connectivity index (χ0n) is 12.2. The van der Waals surface area contributed by atoms with Gasteiger partial charge in [0.2, 0.25) is 5.91 Å². The van der Waals surface area contributed by atoms with Crippen LogP contribution in [0.15, 0.2) is 24.3 Å². The maximum Gasteiger partial charge on any atom is 0.237 e. The molecule has 3 N–H and O–H groups in total. The number of benzene rings is 1. The van der Waals surface area contributed by atoms with E-state index in [-0.39, 0.29) is 23.3 Å². The first kappa shape index (κ1) is 14.1. The van der Waals surface area contributed by atoms with Crippen molar-refractivity contribution in [2.24, 2.45) is 11.7 Å². The normalized spacial score (nSPS) is 22.1. The molecule has 2 rings (SSSR count). The Balaban J connectivity index is 2.18. The number of hydrogen-bond donors (Lipinski definition) is 2. The largest absolute Gasteiger partial charge is 0.348 e. The third-order valence-electron chi connectivity index (χ3n) is 4.12. The summed E-state index contributed by atoms with van der Waals surface area (Å²) in [5.74, 6) is 0.108. The lowest BCUT2D eigenvalue weighted by molar-refractivity contribution is -0.124. The summed E-state index contributed by atoms with van der Waals surface area (Å²) < 4.78 is 0. The first-order chi connectivity index (χ1) is 8.83. The highest BCUT2D eigenvalue weighted by Crippen LogP contribution is 2.44. The maximum atomic E-state index is 12.1. The molecule has 1 aliphatic rings. The first-order valence-corrected chi connectivity index (χ1v) is 6.98. The molecule has 2 atom stereocenters. The standard InChI is InChI=1S/C16H24N2O/c1-10(2)14(17)15(19)18-13-9-16(3,4)12-8-6-5-7-11(12)13/h5-8,10,13-14H,9,17H2,1-4H3,(H,18,19)/t13?,14-/m0/s1. The van der Waals surface area contributed by atoms with Gasteiger partial charge in [-0.3, -0.25) is 4.79 Å². The van der Waals surface area contributed by atoms with Crippen LogP contribution in [0, 0.1) is 5.92 Å². The van der Waals surface area contributed by atoms with Gasteiger partial charge in [0, 0.05) is 0 Å². The van der Waals surface area contributed by atoms with Crippen LogP contribution in [0.4, 0.5) is 0 Å². The van der Waals surface area contributed by atoms with Gasteiger partial charge in [0.25, 0.3) is 0 Å². The van der Waals surface area contributed by atoms with Crippen molar-refractivity contribution in [1.29, 1.82) is 0 Å². The molecule has 104 valence electrons. The van der Waals surface area contributed by atoms with Crippen LogP contribution in [0.25, 0.3) is 0 Å². The minimum atomic E-state index is -0.434. The summed E-state index contributed by atoms with van der Waals surface area (Å²) >= 11 is 0. The maximum absolute atomic E-state index is 12.1. The van der Waals surface area contributed by atoms with E-state index in [0.29, 0.717) is 0 Å². The van der Waals surface area contributed by atoms with Crippen LogP contribution in [0.1, 0.15) is 51.3 Å². The van der Waals surface area contributed by atoms with Gasteiger partial charge in [-0.2, -0.15) is 0 Å². The summed E-state index contributed by atoms with van der Waals surface area (Å²) in [6.45, 7) is 8.38. The van der Waals surface area contributed by atoms with Gasteiger partial charge < -0.3 is 11.1 Å². The van der Waals surface area contributed by atoms with E-state index in [2.05, 4.69) is 37.4 Å². The molecule has 0 radical (unpaired) electrons. The Labute approximate surface area is 115 Å². The Kier molecular flexibility index (Phi) is 3.68. The van der Waals surface area contributed by atoms with Crippen molar-refractivity contribution in [2.45, 2.75) is 51.6 Å². The highest BCUT2D eigenvalue weighted by molar-refractivity contribution is 5.82. The van der Waals surface area contributed by atoms with Crippen LogP contribution in [0.3, 0.4) is 0 Å². The van der Waals surface area contributed by atoms with Gasteiger partial charge in [-0.15, -0.1) is 0 Å². The van der Waals surface area contributed by atoms with E-state index in [1.54, 1.807) is 0 Å². The molecule has 1 aromatic rings. The predicted molar refractivity (Wildman–Crippen MR) is 77.8 cm³/mol. The van der Waals surface area contributed by atoms with E-state index in [1.165, 1.54) is 11.1 Å².